The van der Waals surface area contributed by atoms with Crippen LogP contribution in [0, 0.1) is 5.92 Å². The normalized spacial score (nSPS) is 21.0. The number of likely N-dealkylation sites (tertiary alicyclic amines) is 1. The first kappa shape index (κ1) is 14.3. The molecule has 2 aromatic rings. The molecule has 1 amide bonds. The summed E-state index contributed by atoms with van der Waals surface area (Å²) < 4.78 is 3.64. The summed E-state index contributed by atoms with van der Waals surface area (Å²) in [6.45, 7) is 4.12. The van der Waals surface area contributed by atoms with E-state index in [9.17, 15) is 4.79 Å². The summed E-state index contributed by atoms with van der Waals surface area (Å²) in [5.41, 5.74) is 0. The molecule has 1 saturated heterocycles. The summed E-state index contributed by atoms with van der Waals surface area (Å²) in [6.07, 6.45) is 12.1. The maximum atomic E-state index is 12.6. The van der Waals surface area contributed by atoms with Crippen molar-refractivity contribution in [2.75, 3.05) is 13.1 Å². The zero-order valence-electron chi connectivity index (χ0n) is 13.3. The molecule has 1 aliphatic heterocycles. The van der Waals surface area contributed by atoms with E-state index in [1.54, 1.807) is 11.3 Å². The van der Waals surface area contributed by atoms with Gasteiger partial charge in [-0.2, -0.15) is 0 Å². The van der Waals surface area contributed by atoms with Gasteiger partial charge in [-0.1, -0.05) is 19.8 Å². The molecule has 0 radical (unpaired) electrons. The van der Waals surface area contributed by atoms with Crippen molar-refractivity contribution in [1.82, 2.24) is 9.47 Å². The topological polar surface area (TPSA) is 25.2 Å². The molecule has 4 heteroatoms. The predicted octanol–water partition coefficient (Wildman–Crippen LogP) is 4.69. The molecule has 22 heavy (non-hydrogen) atoms. The molecule has 2 aliphatic rings. The van der Waals surface area contributed by atoms with Crippen LogP contribution in [0.15, 0.2) is 18.5 Å². The molecule has 0 N–H and O–H groups in total. The molecule has 3 heterocycles. The summed E-state index contributed by atoms with van der Waals surface area (Å²) in [4.78, 5) is 15.6. The lowest BCUT2D eigenvalue weighted by Crippen LogP contribution is -2.37. The van der Waals surface area contributed by atoms with Crippen LogP contribution in [0.5, 0.6) is 0 Å². The number of aromatic nitrogens is 1. The molecule has 0 bridgehead atoms. The third kappa shape index (κ3) is 2.58. The smallest absolute Gasteiger partial charge is 0.263 e. The van der Waals surface area contributed by atoms with Gasteiger partial charge >= 0.3 is 0 Å². The molecule has 3 nitrogen and oxygen atoms in total. The van der Waals surface area contributed by atoms with Crippen molar-refractivity contribution in [1.29, 1.82) is 0 Å². The van der Waals surface area contributed by atoms with Crippen LogP contribution in [0.3, 0.4) is 0 Å². The highest BCUT2D eigenvalue weighted by atomic mass is 32.1. The largest absolute Gasteiger partial charge is 0.349 e. The van der Waals surface area contributed by atoms with Crippen molar-refractivity contribution in [3.8, 4) is 0 Å². The van der Waals surface area contributed by atoms with Gasteiger partial charge in [0.1, 0.15) is 0 Å². The van der Waals surface area contributed by atoms with Gasteiger partial charge in [-0.25, -0.2) is 0 Å². The van der Waals surface area contributed by atoms with Gasteiger partial charge in [0.2, 0.25) is 0 Å². The third-order valence-corrected chi connectivity index (χ3v) is 6.45. The second-order valence-corrected chi connectivity index (χ2v) is 8.13. The molecule has 2 fully saturated rings. The first-order valence-corrected chi connectivity index (χ1v) is 9.42. The van der Waals surface area contributed by atoms with E-state index in [-0.39, 0.29) is 5.91 Å². The lowest BCUT2D eigenvalue weighted by Gasteiger charge is -2.29. The number of fused-ring (bicyclic) bond motifs is 1. The standard InChI is InChI=1S/C18H24N2OS/c1-13-6-8-19(9-7-13)18(21)16-10-14-11-20(12-17(14)22-16)15-4-2-3-5-15/h10-13,15H,2-9H2,1H3. The van der Waals surface area contributed by atoms with Gasteiger partial charge in [0.25, 0.3) is 5.91 Å². The number of piperidine rings is 1. The minimum atomic E-state index is 0.237. The number of nitrogens with zero attached hydrogens (tertiary/aromatic N) is 2. The Morgan fingerprint density at radius 1 is 1.14 bits per heavy atom. The summed E-state index contributed by atoms with van der Waals surface area (Å²) in [5.74, 6) is 1.000. The Labute approximate surface area is 135 Å². The van der Waals surface area contributed by atoms with Gasteiger partial charge in [-0.05, 0) is 37.7 Å². The number of thiophene rings is 1. The highest BCUT2D eigenvalue weighted by molar-refractivity contribution is 7.20. The van der Waals surface area contributed by atoms with Crippen molar-refractivity contribution in [2.45, 2.75) is 51.5 Å². The Morgan fingerprint density at radius 3 is 2.55 bits per heavy atom. The quantitative estimate of drug-likeness (QED) is 0.789. The second-order valence-electron chi connectivity index (χ2n) is 7.05. The van der Waals surface area contributed by atoms with Crippen molar-refractivity contribution >= 4 is 27.3 Å². The fourth-order valence-corrected chi connectivity index (χ4v) is 4.88. The molecule has 1 saturated carbocycles. The molecule has 2 aromatic heterocycles. The summed E-state index contributed by atoms with van der Waals surface area (Å²) in [6, 6.07) is 2.79. The molecule has 0 aromatic carbocycles. The van der Waals surface area contributed by atoms with Crippen LogP contribution in [0.25, 0.3) is 10.1 Å². The molecule has 118 valence electrons. The van der Waals surface area contributed by atoms with Gasteiger partial charge in [0, 0.05) is 36.9 Å². The van der Waals surface area contributed by atoms with E-state index in [1.807, 2.05) is 4.90 Å². The predicted molar refractivity (Wildman–Crippen MR) is 91.6 cm³/mol. The number of amides is 1. The third-order valence-electron chi connectivity index (χ3n) is 5.37. The van der Waals surface area contributed by atoms with Gasteiger partial charge in [-0.3, -0.25) is 4.79 Å². The van der Waals surface area contributed by atoms with Crippen LogP contribution < -0.4 is 0 Å². The van der Waals surface area contributed by atoms with E-state index in [4.69, 9.17) is 0 Å². The Hall–Kier alpha value is -1.29. The van der Waals surface area contributed by atoms with E-state index in [0.29, 0.717) is 6.04 Å². The lowest BCUT2D eigenvalue weighted by molar-refractivity contribution is 0.0702. The van der Waals surface area contributed by atoms with Crippen LogP contribution >= 0.6 is 11.3 Å². The Balaban J connectivity index is 1.52. The second kappa shape index (κ2) is 5.73. The number of hydrogen-bond acceptors (Lipinski definition) is 2. The zero-order valence-corrected chi connectivity index (χ0v) is 14.1. The average Bonchev–Trinajstić information content (AvgIpc) is 3.22. The summed E-state index contributed by atoms with van der Waals surface area (Å²) in [7, 11) is 0. The Bertz CT molecular complexity index is 641. The number of hydrogen-bond donors (Lipinski definition) is 0. The van der Waals surface area contributed by atoms with E-state index in [2.05, 4.69) is 30.0 Å². The van der Waals surface area contributed by atoms with Gasteiger partial charge in [-0.15, -0.1) is 11.3 Å². The first-order valence-electron chi connectivity index (χ1n) is 8.61. The minimum absolute atomic E-state index is 0.237. The van der Waals surface area contributed by atoms with Gasteiger partial charge in [0.05, 0.1) is 9.58 Å². The Kier molecular flexibility index (Phi) is 3.73. The minimum Gasteiger partial charge on any atom is -0.349 e. The van der Waals surface area contributed by atoms with E-state index in [1.165, 1.54) is 35.8 Å². The Morgan fingerprint density at radius 2 is 1.86 bits per heavy atom. The number of rotatable bonds is 2. The highest BCUT2D eigenvalue weighted by Gasteiger charge is 2.24. The van der Waals surface area contributed by atoms with Gasteiger partial charge in [0.15, 0.2) is 0 Å². The number of carbonyl (C=O) groups is 1. The van der Waals surface area contributed by atoms with Crippen LogP contribution in [-0.4, -0.2) is 28.5 Å². The molecule has 0 unspecified atom stereocenters. The first-order chi connectivity index (χ1) is 10.7. The molecule has 0 spiro atoms. The molecule has 4 rings (SSSR count). The van der Waals surface area contributed by atoms with Crippen molar-refractivity contribution < 1.29 is 4.79 Å². The summed E-state index contributed by atoms with van der Waals surface area (Å²) >= 11 is 1.67. The van der Waals surface area contributed by atoms with Gasteiger partial charge < -0.3 is 9.47 Å². The lowest BCUT2D eigenvalue weighted by atomic mass is 9.99. The average molecular weight is 316 g/mol. The maximum absolute atomic E-state index is 12.6. The fraction of sp³-hybridized carbons (Fsp3) is 0.611. The zero-order chi connectivity index (χ0) is 15.1. The molecular weight excluding hydrogens is 292 g/mol. The monoisotopic (exact) mass is 316 g/mol. The number of carbonyl (C=O) groups excluding carboxylic acids is 1. The fourth-order valence-electron chi connectivity index (χ4n) is 3.84. The highest BCUT2D eigenvalue weighted by Crippen LogP contribution is 2.34. The van der Waals surface area contributed by atoms with Crippen molar-refractivity contribution in [3.63, 3.8) is 0 Å². The van der Waals surface area contributed by atoms with Crippen LogP contribution in [0.1, 0.15) is 61.2 Å². The molecular formula is C18H24N2OS. The van der Waals surface area contributed by atoms with Crippen LogP contribution in [0.2, 0.25) is 0 Å². The van der Waals surface area contributed by atoms with Crippen LogP contribution in [0.4, 0.5) is 0 Å². The van der Waals surface area contributed by atoms with E-state index in [0.717, 1.165) is 36.7 Å². The molecule has 1 aliphatic carbocycles. The van der Waals surface area contributed by atoms with Crippen LogP contribution in [-0.2, 0) is 0 Å². The van der Waals surface area contributed by atoms with Crippen molar-refractivity contribution in [3.05, 3.63) is 23.3 Å². The molecule has 0 atom stereocenters. The van der Waals surface area contributed by atoms with Crippen molar-refractivity contribution in [2.24, 2.45) is 5.92 Å². The van der Waals surface area contributed by atoms with E-state index >= 15 is 0 Å². The summed E-state index contributed by atoms with van der Waals surface area (Å²) in [5, 5.41) is 1.24. The van der Waals surface area contributed by atoms with E-state index < -0.39 is 0 Å². The maximum Gasteiger partial charge on any atom is 0.263 e. The SMILES string of the molecule is CC1CCN(C(=O)c2cc3cn(C4CCCC4)cc3s2)CC1.